The first kappa shape index (κ1) is 16.1. The molecule has 0 bridgehead atoms. The fourth-order valence-electron chi connectivity index (χ4n) is 3.15. The van der Waals surface area contributed by atoms with E-state index in [4.69, 9.17) is 4.74 Å². The number of hydrogen-bond acceptors (Lipinski definition) is 5. The molecule has 1 aliphatic heterocycles. The Morgan fingerprint density at radius 2 is 2.08 bits per heavy atom. The average Bonchev–Trinajstić information content (AvgIpc) is 3.27. The Morgan fingerprint density at radius 1 is 1.28 bits per heavy atom. The molecule has 0 N–H and O–H groups in total. The maximum atomic E-state index is 12.6. The molecular formula is C18H20N4O2S. The first-order valence-electron chi connectivity index (χ1n) is 8.58. The van der Waals surface area contributed by atoms with Gasteiger partial charge >= 0.3 is 0 Å². The number of nitrogens with zero attached hydrogens (tertiary/aromatic N) is 4. The van der Waals surface area contributed by atoms with Crippen LogP contribution in [0.2, 0.25) is 0 Å². The molecule has 1 aliphatic rings. The number of hydrogen-bond donors (Lipinski definition) is 0. The van der Waals surface area contributed by atoms with E-state index in [-0.39, 0.29) is 12.0 Å². The minimum Gasteiger partial charge on any atom is -0.467 e. The standard InChI is InChI=1S/C18H20N4O2S/c1-2-22-15(7-10-19-22)17(23)21-11-8-13(9-12-21)24-18-20-14-5-3-4-6-16(14)25-18/h3-7,10,13H,2,8-9,11-12H2,1H3. The van der Waals surface area contributed by atoms with Crippen molar-refractivity contribution in [1.82, 2.24) is 19.7 Å². The summed E-state index contributed by atoms with van der Waals surface area (Å²) < 4.78 is 8.93. The van der Waals surface area contributed by atoms with Crippen molar-refractivity contribution in [2.24, 2.45) is 0 Å². The molecule has 0 saturated carbocycles. The van der Waals surface area contributed by atoms with Crippen molar-refractivity contribution in [1.29, 1.82) is 0 Å². The van der Waals surface area contributed by atoms with E-state index in [2.05, 4.69) is 16.1 Å². The van der Waals surface area contributed by atoms with E-state index in [0.29, 0.717) is 25.3 Å². The molecule has 2 aromatic heterocycles. The maximum absolute atomic E-state index is 12.6. The monoisotopic (exact) mass is 356 g/mol. The second-order valence-corrected chi connectivity index (χ2v) is 7.08. The summed E-state index contributed by atoms with van der Waals surface area (Å²) in [4.78, 5) is 19.1. The third kappa shape index (κ3) is 3.24. The van der Waals surface area contributed by atoms with Gasteiger partial charge in [0, 0.05) is 38.7 Å². The Labute approximate surface area is 150 Å². The van der Waals surface area contributed by atoms with Crippen LogP contribution in [0.15, 0.2) is 36.5 Å². The lowest BCUT2D eigenvalue weighted by Crippen LogP contribution is -2.42. The lowest BCUT2D eigenvalue weighted by molar-refractivity contribution is 0.0584. The van der Waals surface area contributed by atoms with Gasteiger partial charge in [-0.3, -0.25) is 9.48 Å². The number of fused-ring (bicyclic) bond motifs is 1. The molecule has 6 nitrogen and oxygen atoms in total. The van der Waals surface area contributed by atoms with E-state index in [9.17, 15) is 4.79 Å². The van der Waals surface area contributed by atoms with E-state index in [1.54, 1.807) is 28.3 Å². The fourth-order valence-corrected chi connectivity index (χ4v) is 4.03. The molecule has 0 spiro atoms. The second-order valence-electron chi connectivity index (χ2n) is 6.09. The number of piperidine rings is 1. The third-order valence-corrected chi connectivity index (χ3v) is 5.43. The molecular weight excluding hydrogens is 336 g/mol. The van der Waals surface area contributed by atoms with Crippen molar-refractivity contribution in [3.63, 3.8) is 0 Å². The molecule has 3 aromatic rings. The van der Waals surface area contributed by atoms with Crippen LogP contribution in [0.5, 0.6) is 5.19 Å². The number of likely N-dealkylation sites (tertiary alicyclic amines) is 1. The number of para-hydroxylation sites is 1. The molecule has 4 rings (SSSR count). The highest BCUT2D eigenvalue weighted by molar-refractivity contribution is 7.20. The van der Waals surface area contributed by atoms with Gasteiger partial charge in [0.15, 0.2) is 0 Å². The maximum Gasteiger partial charge on any atom is 0.274 e. The van der Waals surface area contributed by atoms with Gasteiger partial charge in [-0.05, 0) is 25.1 Å². The summed E-state index contributed by atoms with van der Waals surface area (Å²) in [5, 5.41) is 4.90. The summed E-state index contributed by atoms with van der Waals surface area (Å²) in [6.45, 7) is 4.08. The topological polar surface area (TPSA) is 60.2 Å². The Bertz CT molecular complexity index is 847. The summed E-state index contributed by atoms with van der Waals surface area (Å²) >= 11 is 1.58. The number of aromatic nitrogens is 3. The number of carbonyl (C=O) groups is 1. The van der Waals surface area contributed by atoms with E-state index in [1.807, 2.05) is 30.0 Å². The molecule has 7 heteroatoms. The van der Waals surface area contributed by atoms with Crippen LogP contribution in [0, 0.1) is 0 Å². The number of rotatable bonds is 4. The number of amides is 1. The summed E-state index contributed by atoms with van der Waals surface area (Å²) in [6, 6.07) is 9.83. The van der Waals surface area contributed by atoms with Crippen LogP contribution in [0.1, 0.15) is 30.3 Å². The molecule has 130 valence electrons. The molecule has 0 atom stereocenters. The quantitative estimate of drug-likeness (QED) is 0.720. The highest BCUT2D eigenvalue weighted by Gasteiger charge is 2.26. The fraction of sp³-hybridized carbons (Fsp3) is 0.389. The lowest BCUT2D eigenvalue weighted by atomic mass is 10.1. The van der Waals surface area contributed by atoms with Crippen molar-refractivity contribution in [3.8, 4) is 5.19 Å². The van der Waals surface area contributed by atoms with Gasteiger partial charge in [-0.25, -0.2) is 4.98 Å². The third-order valence-electron chi connectivity index (χ3n) is 4.51. The van der Waals surface area contributed by atoms with Crippen molar-refractivity contribution in [2.75, 3.05) is 13.1 Å². The molecule has 0 radical (unpaired) electrons. The number of thiazole rings is 1. The van der Waals surface area contributed by atoms with Gasteiger partial charge in [-0.1, -0.05) is 23.5 Å². The van der Waals surface area contributed by atoms with Crippen LogP contribution in [0.3, 0.4) is 0 Å². The van der Waals surface area contributed by atoms with Gasteiger partial charge < -0.3 is 9.64 Å². The van der Waals surface area contributed by atoms with Gasteiger partial charge in [0.05, 0.1) is 10.2 Å². The summed E-state index contributed by atoms with van der Waals surface area (Å²) in [5.74, 6) is 0.0535. The number of ether oxygens (including phenoxy) is 1. The Kier molecular flexibility index (Phi) is 4.40. The molecule has 1 fully saturated rings. The number of carbonyl (C=O) groups excluding carboxylic acids is 1. The molecule has 1 aromatic carbocycles. The van der Waals surface area contributed by atoms with E-state index < -0.39 is 0 Å². The van der Waals surface area contributed by atoms with Gasteiger partial charge in [0.2, 0.25) is 0 Å². The number of aryl methyl sites for hydroxylation is 1. The Hall–Kier alpha value is -2.41. The van der Waals surface area contributed by atoms with Crippen LogP contribution in [-0.2, 0) is 6.54 Å². The first-order valence-corrected chi connectivity index (χ1v) is 9.39. The van der Waals surface area contributed by atoms with Crippen LogP contribution in [0.25, 0.3) is 10.2 Å². The first-order chi connectivity index (χ1) is 12.2. The zero-order valence-electron chi connectivity index (χ0n) is 14.1. The molecule has 3 heterocycles. The molecule has 1 saturated heterocycles. The number of benzene rings is 1. The smallest absolute Gasteiger partial charge is 0.274 e. The van der Waals surface area contributed by atoms with E-state index in [1.165, 1.54) is 0 Å². The second kappa shape index (κ2) is 6.84. The minimum absolute atomic E-state index is 0.0535. The van der Waals surface area contributed by atoms with Crippen LogP contribution in [-0.4, -0.2) is 44.8 Å². The molecule has 1 amide bonds. The summed E-state index contributed by atoms with van der Waals surface area (Å²) in [7, 11) is 0. The Morgan fingerprint density at radius 3 is 2.84 bits per heavy atom. The normalized spacial score (nSPS) is 15.6. The Balaban J connectivity index is 1.37. The van der Waals surface area contributed by atoms with Gasteiger partial charge in [-0.2, -0.15) is 5.10 Å². The van der Waals surface area contributed by atoms with E-state index in [0.717, 1.165) is 28.3 Å². The predicted octanol–water partition coefficient (Wildman–Crippen LogP) is 3.20. The van der Waals surface area contributed by atoms with Crippen molar-refractivity contribution in [2.45, 2.75) is 32.4 Å². The van der Waals surface area contributed by atoms with Gasteiger partial charge in [0.25, 0.3) is 11.1 Å². The van der Waals surface area contributed by atoms with Crippen LogP contribution >= 0.6 is 11.3 Å². The molecule has 25 heavy (non-hydrogen) atoms. The average molecular weight is 356 g/mol. The minimum atomic E-state index is 0.0535. The molecule has 0 unspecified atom stereocenters. The highest BCUT2D eigenvalue weighted by atomic mass is 32.1. The molecule has 0 aliphatic carbocycles. The zero-order chi connectivity index (χ0) is 17.2. The lowest BCUT2D eigenvalue weighted by Gasteiger charge is -2.31. The van der Waals surface area contributed by atoms with Crippen LogP contribution in [0.4, 0.5) is 0 Å². The summed E-state index contributed by atoms with van der Waals surface area (Å²) in [6.07, 6.45) is 3.43. The van der Waals surface area contributed by atoms with Crippen molar-refractivity contribution < 1.29 is 9.53 Å². The predicted molar refractivity (Wildman–Crippen MR) is 97.1 cm³/mol. The van der Waals surface area contributed by atoms with Gasteiger partial charge in [0.1, 0.15) is 11.8 Å². The van der Waals surface area contributed by atoms with E-state index >= 15 is 0 Å². The SMILES string of the molecule is CCn1nccc1C(=O)N1CCC(Oc2nc3ccccc3s2)CC1. The van der Waals surface area contributed by atoms with Crippen molar-refractivity contribution in [3.05, 3.63) is 42.2 Å². The zero-order valence-corrected chi connectivity index (χ0v) is 14.9. The summed E-state index contributed by atoms with van der Waals surface area (Å²) in [5.41, 5.74) is 1.64. The highest BCUT2D eigenvalue weighted by Crippen LogP contribution is 2.29. The van der Waals surface area contributed by atoms with Crippen molar-refractivity contribution >= 4 is 27.5 Å². The van der Waals surface area contributed by atoms with Gasteiger partial charge in [-0.15, -0.1) is 0 Å². The van der Waals surface area contributed by atoms with Crippen LogP contribution < -0.4 is 4.74 Å². The largest absolute Gasteiger partial charge is 0.467 e.